The molecule has 3 rings (SSSR count). The van der Waals surface area contributed by atoms with Crippen molar-refractivity contribution in [2.24, 2.45) is 5.92 Å². The number of carbonyl (C=O) groups excluding carboxylic acids is 1. The van der Waals surface area contributed by atoms with Crippen molar-refractivity contribution in [3.8, 4) is 11.5 Å². The SMILES string of the molecule is CNC(=O)CN(CC1CCN(Cc2ccc(Oc3ccc(Cl)c(F)c3)cc2)CC1)C(=O)O. The number of nitrogens with one attached hydrogen (secondary N) is 1. The summed E-state index contributed by atoms with van der Waals surface area (Å²) in [5.41, 5.74) is 1.13. The molecule has 0 atom stereocenters. The van der Waals surface area contributed by atoms with E-state index in [1.54, 1.807) is 6.07 Å². The number of hydrogen-bond acceptors (Lipinski definition) is 4. The standard InChI is InChI=1S/C23H27ClFN3O4/c1-26-22(29)15-28(23(30)31)14-17-8-10-27(11-9-17)13-16-2-4-18(5-3-16)32-19-6-7-20(24)21(25)12-19/h2-7,12,17H,8-11,13-15H2,1H3,(H,26,29)(H,30,31). The maximum atomic E-state index is 13.5. The number of likely N-dealkylation sites (N-methyl/N-ethyl adjacent to an activating group) is 1. The van der Waals surface area contributed by atoms with Crippen LogP contribution in [0.1, 0.15) is 18.4 Å². The van der Waals surface area contributed by atoms with E-state index in [0.29, 0.717) is 18.0 Å². The highest BCUT2D eigenvalue weighted by Crippen LogP contribution is 2.26. The van der Waals surface area contributed by atoms with Crippen LogP contribution in [0, 0.1) is 11.7 Å². The van der Waals surface area contributed by atoms with Gasteiger partial charge in [-0.1, -0.05) is 23.7 Å². The predicted octanol–water partition coefficient (Wildman–Crippen LogP) is 4.21. The number of amides is 2. The fraction of sp³-hybridized carbons (Fsp3) is 0.391. The van der Waals surface area contributed by atoms with Crippen LogP contribution in [-0.4, -0.2) is 60.1 Å². The third kappa shape index (κ3) is 6.83. The second-order valence-electron chi connectivity index (χ2n) is 7.88. The summed E-state index contributed by atoms with van der Waals surface area (Å²) in [5, 5.41) is 11.9. The van der Waals surface area contributed by atoms with Gasteiger partial charge in [0.1, 0.15) is 23.9 Å². The molecule has 1 fully saturated rings. The third-order valence-corrected chi connectivity index (χ3v) is 5.83. The Morgan fingerprint density at radius 1 is 1.19 bits per heavy atom. The summed E-state index contributed by atoms with van der Waals surface area (Å²) in [6.07, 6.45) is 0.682. The van der Waals surface area contributed by atoms with Crippen molar-refractivity contribution in [2.75, 3.05) is 33.2 Å². The average molecular weight is 464 g/mol. The van der Waals surface area contributed by atoms with Crippen LogP contribution in [0.3, 0.4) is 0 Å². The van der Waals surface area contributed by atoms with Crippen molar-refractivity contribution in [1.82, 2.24) is 15.1 Å². The Labute approximate surface area is 191 Å². The number of halogens is 2. The first-order valence-electron chi connectivity index (χ1n) is 10.5. The van der Waals surface area contributed by atoms with Gasteiger partial charge >= 0.3 is 6.09 Å². The average Bonchev–Trinajstić information content (AvgIpc) is 2.78. The number of hydrogen-bond donors (Lipinski definition) is 2. The molecule has 0 aliphatic carbocycles. The van der Waals surface area contributed by atoms with Gasteiger partial charge < -0.3 is 15.2 Å². The van der Waals surface area contributed by atoms with E-state index in [9.17, 15) is 19.1 Å². The van der Waals surface area contributed by atoms with Crippen LogP contribution in [-0.2, 0) is 11.3 Å². The predicted molar refractivity (Wildman–Crippen MR) is 120 cm³/mol. The lowest BCUT2D eigenvalue weighted by Gasteiger charge is -2.34. The zero-order valence-electron chi connectivity index (χ0n) is 17.9. The van der Waals surface area contributed by atoms with Crippen molar-refractivity contribution in [3.05, 3.63) is 58.9 Å². The van der Waals surface area contributed by atoms with Crippen LogP contribution < -0.4 is 10.1 Å². The molecule has 1 aliphatic rings. The van der Waals surface area contributed by atoms with Gasteiger partial charge in [0.15, 0.2) is 0 Å². The molecule has 172 valence electrons. The van der Waals surface area contributed by atoms with Crippen molar-refractivity contribution >= 4 is 23.6 Å². The smallest absolute Gasteiger partial charge is 0.407 e. The van der Waals surface area contributed by atoms with Crippen LogP contribution >= 0.6 is 11.6 Å². The van der Waals surface area contributed by atoms with Crippen LogP contribution in [0.4, 0.5) is 9.18 Å². The van der Waals surface area contributed by atoms with Gasteiger partial charge in [-0.05, 0) is 61.7 Å². The highest BCUT2D eigenvalue weighted by Gasteiger charge is 2.24. The van der Waals surface area contributed by atoms with Gasteiger partial charge in [-0.25, -0.2) is 9.18 Å². The first kappa shape index (κ1) is 23.8. The van der Waals surface area contributed by atoms with Crippen LogP contribution in [0.2, 0.25) is 5.02 Å². The molecule has 1 saturated heterocycles. The highest BCUT2D eigenvalue weighted by molar-refractivity contribution is 6.30. The molecule has 0 bridgehead atoms. The summed E-state index contributed by atoms with van der Waals surface area (Å²) >= 11 is 5.69. The van der Waals surface area contributed by atoms with E-state index >= 15 is 0 Å². The molecular formula is C23H27ClFN3O4. The van der Waals surface area contributed by atoms with Crippen molar-refractivity contribution in [1.29, 1.82) is 0 Å². The van der Waals surface area contributed by atoms with Crippen LogP contribution in [0.25, 0.3) is 0 Å². The number of carboxylic acid groups (broad SMARTS) is 1. The highest BCUT2D eigenvalue weighted by atomic mass is 35.5. The maximum absolute atomic E-state index is 13.5. The molecule has 0 radical (unpaired) electrons. The Morgan fingerprint density at radius 2 is 1.84 bits per heavy atom. The fourth-order valence-electron chi connectivity index (χ4n) is 3.70. The lowest BCUT2D eigenvalue weighted by Crippen LogP contribution is -2.44. The molecule has 0 saturated carbocycles. The van der Waals surface area contributed by atoms with Gasteiger partial charge in [0.2, 0.25) is 5.91 Å². The monoisotopic (exact) mass is 463 g/mol. The molecule has 1 aliphatic heterocycles. The number of carbonyl (C=O) groups is 2. The van der Waals surface area contributed by atoms with Crippen molar-refractivity contribution in [3.63, 3.8) is 0 Å². The molecular weight excluding hydrogens is 437 g/mol. The quantitative estimate of drug-likeness (QED) is 0.613. The van der Waals surface area contributed by atoms with Crippen LogP contribution in [0.15, 0.2) is 42.5 Å². The topological polar surface area (TPSA) is 82.1 Å². The van der Waals surface area contributed by atoms with Gasteiger partial charge in [0.25, 0.3) is 0 Å². The number of benzene rings is 2. The Bertz CT molecular complexity index is 933. The number of piperidine rings is 1. The van der Waals surface area contributed by atoms with Gasteiger partial charge in [-0.2, -0.15) is 0 Å². The Morgan fingerprint density at radius 3 is 2.44 bits per heavy atom. The van der Waals surface area contributed by atoms with E-state index in [0.717, 1.165) is 38.0 Å². The second kappa shape index (κ2) is 11.2. The van der Waals surface area contributed by atoms with Crippen molar-refractivity contribution < 1.29 is 23.8 Å². The summed E-state index contributed by atoms with van der Waals surface area (Å²) < 4.78 is 19.2. The summed E-state index contributed by atoms with van der Waals surface area (Å²) in [7, 11) is 1.50. The lowest BCUT2D eigenvalue weighted by atomic mass is 9.96. The summed E-state index contributed by atoms with van der Waals surface area (Å²) in [5.74, 6) is 0.401. The minimum Gasteiger partial charge on any atom is -0.465 e. The molecule has 9 heteroatoms. The third-order valence-electron chi connectivity index (χ3n) is 5.53. The number of likely N-dealkylation sites (tertiary alicyclic amines) is 1. The van der Waals surface area contributed by atoms with Gasteiger partial charge in [-0.15, -0.1) is 0 Å². The molecule has 0 spiro atoms. The molecule has 1 heterocycles. The molecule has 2 amide bonds. The minimum absolute atomic E-state index is 0.0543. The van der Waals surface area contributed by atoms with Crippen molar-refractivity contribution in [2.45, 2.75) is 19.4 Å². The summed E-state index contributed by atoms with van der Waals surface area (Å²) in [4.78, 5) is 26.4. The number of rotatable bonds is 8. The van der Waals surface area contributed by atoms with E-state index < -0.39 is 11.9 Å². The molecule has 2 aromatic rings. The molecule has 7 nitrogen and oxygen atoms in total. The lowest BCUT2D eigenvalue weighted by molar-refractivity contribution is -0.121. The Hall–Kier alpha value is -2.84. The Balaban J connectivity index is 1.47. The number of nitrogens with zero attached hydrogens (tertiary/aromatic N) is 2. The van der Waals surface area contributed by atoms with E-state index in [4.69, 9.17) is 16.3 Å². The molecule has 0 unspecified atom stereocenters. The van der Waals surface area contributed by atoms with Gasteiger partial charge in [-0.3, -0.25) is 14.6 Å². The maximum Gasteiger partial charge on any atom is 0.407 e. The fourth-order valence-corrected chi connectivity index (χ4v) is 3.82. The normalized spacial score (nSPS) is 14.7. The first-order valence-corrected chi connectivity index (χ1v) is 10.8. The van der Waals surface area contributed by atoms with E-state index in [2.05, 4.69) is 10.2 Å². The van der Waals surface area contributed by atoms with E-state index in [1.165, 1.54) is 24.1 Å². The first-order chi connectivity index (χ1) is 15.3. The Kier molecular flexibility index (Phi) is 8.30. The zero-order valence-corrected chi connectivity index (χ0v) is 18.6. The summed E-state index contributed by atoms with van der Waals surface area (Å²) in [6.45, 7) is 2.74. The van der Waals surface area contributed by atoms with E-state index in [1.807, 2.05) is 24.3 Å². The molecule has 0 aromatic heterocycles. The number of ether oxygens (including phenoxy) is 1. The van der Waals surface area contributed by atoms with Crippen LogP contribution in [0.5, 0.6) is 11.5 Å². The van der Waals surface area contributed by atoms with Gasteiger partial charge in [0, 0.05) is 26.2 Å². The van der Waals surface area contributed by atoms with E-state index in [-0.39, 0.29) is 23.4 Å². The minimum atomic E-state index is -1.07. The molecule has 2 N–H and O–H groups in total. The summed E-state index contributed by atoms with van der Waals surface area (Å²) in [6, 6.07) is 12.0. The second-order valence-corrected chi connectivity index (χ2v) is 8.28. The molecule has 32 heavy (non-hydrogen) atoms. The zero-order chi connectivity index (χ0) is 23.1. The molecule has 2 aromatic carbocycles. The van der Waals surface area contributed by atoms with Gasteiger partial charge in [0.05, 0.1) is 5.02 Å². The largest absolute Gasteiger partial charge is 0.465 e.